The number of aryl methyl sites for hydroxylation is 4. The van der Waals surface area contributed by atoms with Gasteiger partial charge < -0.3 is 50.5 Å². The fraction of sp³-hybridized carbons (Fsp3) is 0.330. The summed E-state index contributed by atoms with van der Waals surface area (Å²) in [5, 5.41) is 90.0. The first-order valence-electron chi connectivity index (χ1n) is 46.4. The highest BCUT2D eigenvalue weighted by atomic mass is 16.6. The fourth-order valence-electron chi connectivity index (χ4n) is 17.8. The summed E-state index contributed by atoms with van der Waals surface area (Å²) in [6.07, 6.45) is 43.6. The SMILES string of the molecule is Cn1cc(-c2cn3ncc(C#N)c3c(-c3ccc(N4CCC(O)(Cc5ccccn5)CC4)nc3)n2)cn1.Cn1cc(-c2cn3ncc(C#N)c3c(-c3ccc(N4CCC[C@@H](N)C4)nc3)n2)cn1.Cn1cc(-c2cn3ncc(C#N)c3c(-c3ccc(N4CCC[C@@H](NC(=O)OC(C)(C)C)C4)nc3)n2)cn1.Cn1cc(-c2cn3ncc(C#N)c3c(-c3ccc(N4CCC[C@H](NC(=O)OC(C)(C)C)C4)nc3)n2)cn1. The van der Waals surface area contributed by atoms with Crippen LogP contribution in [0.4, 0.5) is 32.9 Å². The number of nitrogens with one attached hydrogen (secondary N) is 2. The van der Waals surface area contributed by atoms with Crippen molar-refractivity contribution in [2.24, 2.45) is 33.9 Å². The number of alkyl carbamates (subject to hydrolysis) is 2. The highest BCUT2D eigenvalue weighted by Gasteiger charge is 2.35. The van der Waals surface area contributed by atoms with Crippen LogP contribution >= 0.6 is 0 Å². The molecule has 0 saturated carbocycles. The maximum absolute atomic E-state index is 12.2. The number of amides is 2. The van der Waals surface area contributed by atoms with Crippen LogP contribution in [0.5, 0.6) is 0 Å². The number of hydrogen-bond acceptors (Lipinski definition) is 31. The van der Waals surface area contributed by atoms with E-state index in [1.807, 2.05) is 167 Å². The number of nitrogens with zero attached hydrogens (tertiary/aromatic N) is 33. The monoisotopic (exact) mass is 1890 g/mol. The van der Waals surface area contributed by atoms with E-state index >= 15 is 0 Å². The molecule has 41 heteroatoms. The van der Waals surface area contributed by atoms with Gasteiger partial charge in [0.15, 0.2) is 0 Å². The molecule has 141 heavy (non-hydrogen) atoms. The zero-order chi connectivity index (χ0) is 98.4. The first-order chi connectivity index (χ1) is 68.0. The van der Waals surface area contributed by atoms with Crippen LogP contribution in [0.15, 0.2) is 197 Å². The number of carbonyl (C=O) groups excluding carboxylic acids is 2. The second kappa shape index (κ2) is 40.2. The van der Waals surface area contributed by atoms with Crippen molar-refractivity contribution in [3.63, 3.8) is 0 Å². The topological polar surface area (TPSA) is 488 Å². The normalized spacial score (nSPS) is 15.9. The van der Waals surface area contributed by atoms with Gasteiger partial charge in [0.2, 0.25) is 0 Å². The molecule has 4 saturated heterocycles. The third-order valence-corrected chi connectivity index (χ3v) is 24.5. The van der Waals surface area contributed by atoms with Gasteiger partial charge in [0, 0.05) is 211 Å². The minimum absolute atomic E-state index is 0.0208. The van der Waals surface area contributed by atoms with Crippen LogP contribution in [0.2, 0.25) is 0 Å². The summed E-state index contributed by atoms with van der Waals surface area (Å²) in [5.41, 5.74) is 21.5. The summed E-state index contributed by atoms with van der Waals surface area (Å²) in [7, 11) is 7.41. The largest absolute Gasteiger partial charge is 0.444 e. The highest BCUT2D eigenvalue weighted by Crippen LogP contribution is 2.38. The van der Waals surface area contributed by atoms with Crippen LogP contribution in [0.25, 0.3) is 112 Å². The van der Waals surface area contributed by atoms with E-state index < -0.39 is 29.0 Å². The first kappa shape index (κ1) is 94.1. The Balaban J connectivity index is 0.000000125. The van der Waals surface area contributed by atoms with E-state index in [9.17, 15) is 35.7 Å². The lowest BCUT2D eigenvalue weighted by molar-refractivity contribution is 0.0155. The second-order valence-electron chi connectivity index (χ2n) is 37.4. The Morgan fingerprint density at radius 2 is 0.716 bits per heavy atom. The molecule has 41 nitrogen and oxygen atoms in total. The molecule has 21 heterocycles. The quantitative estimate of drug-likeness (QED) is 0.0698. The third-order valence-electron chi connectivity index (χ3n) is 24.5. The molecule has 0 aromatic carbocycles. The lowest BCUT2D eigenvalue weighted by atomic mass is 9.87. The lowest BCUT2D eigenvalue weighted by Gasteiger charge is -2.38. The number of hydrogen-bond donors (Lipinski definition) is 4. The number of nitrogens with two attached hydrogens (primary N) is 1. The van der Waals surface area contributed by atoms with Gasteiger partial charge >= 0.3 is 12.2 Å². The van der Waals surface area contributed by atoms with Crippen molar-refractivity contribution >= 4 is 57.5 Å². The van der Waals surface area contributed by atoms with E-state index in [1.54, 1.807) is 136 Å². The molecule has 4 aliphatic heterocycles. The Morgan fingerprint density at radius 1 is 0.397 bits per heavy atom. The van der Waals surface area contributed by atoms with Crippen LogP contribution in [0.3, 0.4) is 0 Å². The summed E-state index contributed by atoms with van der Waals surface area (Å²) < 4.78 is 24.4. The van der Waals surface area contributed by atoms with Gasteiger partial charge in [0.25, 0.3) is 0 Å². The van der Waals surface area contributed by atoms with Crippen molar-refractivity contribution in [1.29, 1.82) is 21.0 Å². The van der Waals surface area contributed by atoms with Gasteiger partial charge in [-0.25, -0.2) is 67.5 Å². The number of fused-ring (bicyclic) bond motifs is 4. The molecule has 4 aliphatic rings. The van der Waals surface area contributed by atoms with E-state index in [0.717, 1.165) is 144 Å². The Hall–Kier alpha value is -17.3. The predicted molar refractivity (Wildman–Crippen MR) is 526 cm³/mol. The zero-order valence-electron chi connectivity index (χ0n) is 79.6. The molecule has 0 bridgehead atoms. The molecular weight excluding hydrogens is 1790 g/mol. The fourth-order valence-corrected chi connectivity index (χ4v) is 17.8. The van der Waals surface area contributed by atoms with E-state index in [2.05, 4.69) is 105 Å². The van der Waals surface area contributed by atoms with E-state index in [1.165, 1.54) is 0 Å². The molecule has 5 N–H and O–H groups in total. The molecule has 2 amide bonds. The van der Waals surface area contributed by atoms with Crippen molar-refractivity contribution in [1.82, 2.24) is 133 Å². The van der Waals surface area contributed by atoms with Crippen molar-refractivity contribution in [2.45, 2.75) is 134 Å². The number of nitriles is 4. The van der Waals surface area contributed by atoms with Crippen LogP contribution in [0.1, 0.15) is 121 Å². The summed E-state index contributed by atoms with van der Waals surface area (Å²) in [6.45, 7) is 17.3. The maximum Gasteiger partial charge on any atom is 0.407 e. The number of pyridine rings is 5. The molecule has 0 radical (unpaired) electrons. The number of aromatic nitrogens is 25. The molecule has 714 valence electrons. The van der Waals surface area contributed by atoms with E-state index in [4.69, 9.17) is 50.1 Å². The summed E-state index contributed by atoms with van der Waals surface area (Å²) in [5.74, 6) is 3.38. The smallest absolute Gasteiger partial charge is 0.407 e. The van der Waals surface area contributed by atoms with Gasteiger partial charge in [0.1, 0.15) is 103 Å². The van der Waals surface area contributed by atoms with Gasteiger partial charge in [-0.3, -0.25) is 23.7 Å². The Kier molecular flexibility index (Phi) is 26.8. The maximum atomic E-state index is 12.2. The molecule has 0 spiro atoms. The standard InChI is InChI=1S/C27H25N9O.2C26H29N9O2.C21H21N9/c1-34-17-21(16-31-34)23-18-36-26(20(13-28)15-32-36)25(33-23)19-5-6-24(30-14-19)35-10-7-27(37,8-11-35)12-22-4-2-3-9-29-22;2*1-26(2,3)37-25(36)31-20-6-5-9-34(15-20)22-8-7-17(11-28-22)23-24-18(10-27)12-30-35(24)16-21(32-23)19-13-29-33(4)14-19;1-28-11-16(10-25-28)18-13-30-21(15(7-22)9-26-30)20(27-18)14-4-5-19(24-8-14)29-6-2-3-17(23)12-29/h2-6,9,14-18,37H,7-8,10-12H2,1H3;2*7-8,11-14,16,20H,5-6,9,15H2,1-4H3,(H,31,36);4-5,8-11,13,17H,2-3,6,12,23H2,1H3/t;2*20-;17-/m.101/s1. The average Bonchev–Trinajstić information content (AvgIpc) is 1.67. The Labute approximate surface area is 810 Å². The van der Waals surface area contributed by atoms with Crippen LogP contribution in [0, 0.1) is 45.3 Å². The second-order valence-corrected chi connectivity index (χ2v) is 37.4. The van der Waals surface area contributed by atoms with Gasteiger partial charge in [-0.2, -0.15) is 61.8 Å². The van der Waals surface area contributed by atoms with E-state index in [0.29, 0.717) is 130 Å². The summed E-state index contributed by atoms with van der Waals surface area (Å²) in [6, 6.07) is 30.5. The van der Waals surface area contributed by atoms with Gasteiger partial charge in [-0.05, 0) is 154 Å². The Morgan fingerprint density at radius 3 is 0.993 bits per heavy atom. The molecule has 21 rings (SSSR count). The predicted octanol–water partition coefficient (Wildman–Crippen LogP) is 12.1. The summed E-state index contributed by atoms with van der Waals surface area (Å²) in [4.78, 5) is 75.8. The zero-order valence-corrected chi connectivity index (χ0v) is 79.6. The van der Waals surface area contributed by atoms with Crippen LogP contribution in [-0.2, 0) is 44.1 Å². The van der Waals surface area contributed by atoms with Crippen LogP contribution in [-0.4, -0.2) is 227 Å². The molecule has 0 aliphatic carbocycles. The van der Waals surface area contributed by atoms with Crippen molar-refractivity contribution in [3.05, 3.63) is 225 Å². The average molecular weight is 1890 g/mol. The van der Waals surface area contributed by atoms with E-state index in [-0.39, 0.29) is 18.1 Å². The molecule has 17 aromatic heterocycles. The molecular formula is C100H104N36O5. The number of anilines is 4. The van der Waals surface area contributed by atoms with Crippen molar-refractivity contribution < 1.29 is 24.2 Å². The van der Waals surface area contributed by atoms with Crippen LogP contribution < -0.4 is 36.0 Å². The minimum Gasteiger partial charge on any atom is -0.444 e. The number of ether oxygens (including phenoxy) is 2. The minimum atomic E-state index is -0.761. The molecule has 0 unspecified atom stereocenters. The molecule has 17 aromatic rings. The van der Waals surface area contributed by atoms with Crippen molar-refractivity contribution in [3.8, 4) is 114 Å². The lowest BCUT2D eigenvalue weighted by Crippen LogP contribution is -2.49. The van der Waals surface area contributed by atoms with Gasteiger partial charge in [-0.1, -0.05) is 6.07 Å². The number of piperidine rings is 4. The highest BCUT2D eigenvalue weighted by molar-refractivity contribution is 5.87. The Bertz CT molecular complexity index is 7340. The molecule has 3 atom stereocenters. The first-order valence-corrected chi connectivity index (χ1v) is 46.4. The third kappa shape index (κ3) is 21.6. The van der Waals surface area contributed by atoms with Gasteiger partial charge in [-0.15, -0.1) is 0 Å². The summed E-state index contributed by atoms with van der Waals surface area (Å²) >= 11 is 0. The molecule has 4 fully saturated rings. The number of carbonyl (C=O) groups is 2. The number of rotatable bonds is 16. The number of aliphatic hydroxyl groups is 1. The van der Waals surface area contributed by atoms with Gasteiger partial charge in [0.05, 0.1) is 126 Å². The van der Waals surface area contributed by atoms with Crippen molar-refractivity contribution in [2.75, 3.05) is 72.0 Å².